The maximum Gasteiger partial charge on any atom is 0.338 e. The van der Waals surface area contributed by atoms with E-state index in [4.69, 9.17) is 9.15 Å². The third-order valence-electron chi connectivity index (χ3n) is 3.66. The molecule has 0 N–H and O–H groups in total. The molecule has 0 aliphatic heterocycles. The Morgan fingerprint density at radius 3 is 2.50 bits per heavy atom. The molecule has 3 rings (SSSR count). The molecular formula is C19H14O5. The summed E-state index contributed by atoms with van der Waals surface area (Å²) >= 11 is 0. The number of hydrogen-bond donors (Lipinski definition) is 0. The zero-order chi connectivity index (χ0) is 17.1. The molecule has 24 heavy (non-hydrogen) atoms. The molecule has 1 aromatic heterocycles. The summed E-state index contributed by atoms with van der Waals surface area (Å²) in [5.41, 5.74) is 2.22. The first-order valence-electron chi connectivity index (χ1n) is 7.42. The molecule has 0 saturated carbocycles. The molecule has 1 heterocycles. The quantitative estimate of drug-likeness (QED) is 0.543. The van der Waals surface area contributed by atoms with Crippen LogP contribution in [0.4, 0.5) is 0 Å². The fraction of sp³-hybridized carbons (Fsp3) is 0.105. The van der Waals surface area contributed by atoms with E-state index in [2.05, 4.69) is 0 Å². The van der Waals surface area contributed by atoms with Gasteiger partial charge in [-0.2, -0.15) is 0 Å². The van der Waals surface area contributed by atoms with Crippen molar-refractivity contribution in [2.75, 3.05) is 6.61 Å². The predicted molar refractivity (Wildman–Crippen MR) is 89.3 cm³/mol. The van der Waals surface area contributed by atoms with Crippen LogP contribution in [0.3, 0.4) is 0 Å². The third-order valence-corrected chi connectivity index (χ3v) is 3.66. The monoisotopic (exact) mass is 322 g/mol. The van der Waals surface area contributed by atoms with Gasteiger partial charge in [0.25, 0.3) is 0 Å². The van der Waals surface area contributed by atoms with Gasteiger partial charge in [0.15, 0.2) is 6.29 Å². The average Bonchev–Trinajstić information content (AvgIpc) is 2.62. The van der Waals surface area contributed by atoms with Crippen LogP contribution in [0.15, 0.2) is 57.9 Å². The second kappa shape index (κ2) is 6.50. The zero-order valence-electron chi connectivity index (χ0n) is 12.9. The third kappa shape index (κ3) is 2.84. The second-order valence-corrected chi connectivity index (χ2v) is 5.15. The van der Waals surface area contributed by atoms with E-state index in [-0.39, 0.29) is 17.0 Å². The fourth-order valence-electron chi connectivity index (χ4n) is 2.42. The van der Waals surface area contributed by atoms with Crippen LogP contribution in [0.1, 0.15) is 27.6 Å². The highest BCUT2D eigenvalue weighted by Crippen LogP contribution is 2.24. The van der Waals surface area contributed by atoms with Gasteiger partial charge in [-0.15, -0.1) is 0 Å². The topological polar surface area (TPSA) is 73.6 Å². The summed E-state index contributed by atoms with van der Waals surface area (Å²) in [6, 6.07) is 12.1. The van der Waals surface area contributed by atoms with Crippen molar-refractivity contribution < 1.29 is 18.7 Å². The van der Waals surface area contributed by atoms with Crippen LogP contribution < -0.4 is 5.43 Å². The Morgan fingerprint density at radius 1 is 1.12 bits per heavy atom. The number of carbonyl (C=O) groups excluding carboxylic acids is 2. The molecule has 0 unspecified atom stereocenters. The van der Waals surface area contributed by atoms with E-state index >= 15 is 0 Å². The van der Waals surface area contributed by atoms with Gasteiger partial charge in [0.05, 0.1) is 23.1 Å². The van der Waals surface area contributed by atoms with Crippen LogP contribution >= 0.6 is 0 Å². The zero-order valence-corrected chi connectivity index (χ0v) is 12.9. The molecule has 0 atom stereocenters. The van der Waals surface area contributed by atoms with Crippen LogP contribution in [-0.4, -0.2) is 18.9 Å². The highest BCUT2D eigenvalue weighted by molar-refractivity contribution is 5.91. The number of aldehydes is 1. The van der Waals surface area contributed by atoms with Gasteiger partial charge in [0, 0.05) is 0 Å². The summed E-state index contributed by atoms with van der Waals surface area (Å²) in [5.74, 6) is -0.366. The average molecular weight is 322 g/mol. The Kier molecular flexibility index (Phi) is 4.24. The minimum atomic E-state index is -0.366. The lowest BCUT2D eigenvalue weighted by molar-refractivity contribution is 0.0526. The first-order chi connectivity index (χ1) is 11.6. The summed E-state index contributed by atoms with van der Waals surface area (Å²) in [6.07, 6.45) is 1.64. The van der Waals surface area contributed by atoms with E-state index in [0.717, 1.165) is 17.4 Å². The SMILES string of the molecule is CCOC(=O)c1ccc(-c2ccc3c(=O)c(C=O)coc3c2)cc1. The van der Waals surface area contributed by atoms with Crippen LogP contribution in [-0.2, 0) is 4.74 Å². The summed E-state index contributed by atoms with van der Waals surface area (Å²) in [4.78, 5) is 34.5. The van der Waals surface area contributed by atoms with Gasteiger partial charge in [-0.3, -0.25) is 9.59 Å². The molecule has 0 bridgehead atoms. The summed E-state index contributed by atoms with van der Waals surface area (Å²) < 4.78 is 10.3. The van der Waals surface area contributed by atoms with Crippen molar-refractivity contribution in [2.24, 2.45) is 0 Å². The van der Waals surface area contributed by atoms with E-state index in [9.17, 15) is 14.4 Å². The molecule has 5 heteroatoms. The lowest BCUT2D eigenvalue weighted by Crippen LogP contribution is -2.07. The number of fused-ring (bicyclic) bond motifs is 1. The summed E-state index contributed by atoms with van der Waals surface area (Å²) in [7, 11) is 0. The van der Waals surface area contributed by atoms with Gasteiger partial charge < -0.3 is 9.15 Å². The normalized spacial score (nSPS) is 10.5. The number of hydrogen-bond acceptors (Lipinski definition) is 5. The second-order valence-electron chi connectivity index (χ2n) is 5.15. The molecule has 120 valence electrons. The number of benzene rings is 2. The Balaban J connectivity index is 1.99. The largest absolute Gasteiger partial charge is 0.463 e. The number of esters is 1. The molecule has 0 aliphatic rings. The van der Waals surface area contributed by atoms with Crippen molar-refractivity contribution in [3.05, 3.63) is 70.1 Å². The molecule has 5 nitrogen and oxygen atoms in total. The van der Waals surface area contributed by atoms with E-state index in [1.54, 1.807) is 49.4 Å². The Bertz CT molecular complexity index is 967. The van der Waals surface area contributed by atoms with Gasteiger partial charge in [0.1, 0.15) is 11.8 Å². The lowest BCUT2D eigenvalue weighted by Gasteiger charge is -2.06. The first-order valence-corrected chi connectivity index (χ1v) is 7.42. The maximum absolute atomic E-state index is 12.0. The van der Waals surface area contributed by atoms with Crippen molar-refractivity contribution >= 4 is 23.2 Å². The maximum atomic E-state index is 12.0. The molecular weight excluding hydrogens is 308 g/mol. The lowest BCUT2D eigenvalue weighted by atomic mass is 10.0. The van der Waals surface area contributed by atoms with Crippen molar-refractivity contribution in [2.45, 2.75) is 6.92 Å². The number of carbonyl (C=O) groups is 2. The van der Waals surface area contributed by atoms with Gasteiger partial charge in [-0.25, -0.2) is 4.79 Å². The van der Waals surface area contributed by atoms with Crippen molar-refractivity contribution in [3.8, 4) is 11.1 Å². The van der Waals surface area contributed by atoms with E-state index in [0.29, 0.717) is 29.4 Å². The molecule has 0 aliphatic carbocycles. The van der Waals surface area contributed by atoms with E-state index in [1.165, 1.54) is 0 Å². The predicted octanol–water partition coefficient (Wildman–Crippen LogP) is 3.45. The molecule has 0 spiro atoms. The number of ether oxygens (including phenoxy) is 1. The summed E-state index contributed by atoms with van der Waals surface area (Å²) in [6.45, 7) is 2.08. The molecule has 3 aromatic rings. The molecule has 0 amide bonds. The minimum Gasteiger partial charge on any atom is -0.463 e. The van der Waals surface area contributed by atoms with Crippen LogP contribution in [0.25, 0.3) is 22.1 Å². The molecule has 0 radical (unpaired) electrons. The first kappa shape index (κ1) is 15.7. The van der Waals surface area contributed by atoms with Crippen LogP contribution in [0, 0.1) is 0 Å². The standard InChI is InChI=1S/C19H14O5/c1-2-23-19(22)13-5-3-12(4-6-13)14-7-8-16-17(9-14)24-11-15(10-20)18(16)21/h3-11H,2H2,1H3. The Hall–Kier alpha value is -3.21. The number of rotatable bonds is 4. The van der Waals surface area contributed by atoms with Crippen molar-refractivity contribution in [1.82, 2.24) is 0 Å². The smallest absolute Gasteiger partial charge is 0.338 e. The van der Waals surface area contributed by atoms with E-state index in [1.807, 2.05) is 0 Å². The molecule has 0 saturated heterocycles. The van der Waals surface area contributed by atoms with Gasteiger partial charge in [0.2, 0.25) is 5.43 Å². The van der Waals surface area contributed by atoms with Crippen LogP contribution in [0.2, 0.25) is 0 Å². The Morgan fingerprint density at radius 2 is 1.83 bits per heavy atom. The summed E-state index contributed by atoms with van der Waals surface area (Å²) in [5, 5.41) is 0.353. The molecule has 0 fully saturated rings. The van der Waals surface area contributed by atoms with Gasteiger partial charge in [-0.05, 0) is 42.3 Å². The Labute approximate surface area is 137 Å². The van der Waals surface area contributed by atoms with Gasteiger partial charge >= 0.3 is 5.97 Å². The molecule has 2 aromatic carbocycles. The highest BCUT2D eigenvalue weighted by Gasteiger charge is 2.09. The van der Waals surface area contributed by atoms with Crippen molar-refractivity contribution in [3.63, 3.8) is 0 Å². The van der Waals surface area contributed by atoms with Crippen molar-refractivity contribution in [1.29, 1.82) is 0 Å². The minimum absolute atomic E-state index is 0.00552. The highest BCUT2D eigenvalue weighted by atomic mass is 16.5. The fourth-order valence-corrected chi connectivity index (χ4v) is 2.42. The van der Waals surface area contributed by atoms with Gasteiger partial charge in [-0.1, -0.05) is 18.2 Å². The van der Waals surface area contributed by atoms with E-state index < -0.39 is 0 Å². The van der Waals surface area contributed by atoms with Crippen LogP contribution in [0.5, 0.6) is 0 Å².